The van der Waals surface area contributed by atoms with Crippen LogP contribution in [0.1, 0.15) is 40.0 Å². The molecule has 2 aromatic rings. The molecule has 0 radical (unpaired) electrons. The predicted octanol–water partition coefficient (Wildman–Crippen LogP) is 4.20. The lowest BCUT2D eigenvalue weighted by Crippen LogP contribution is -2.23. The number of nitrogens with zero attached hydrogens (tertiary/aromatic N) is 1. The van der Waals surface area contributed by atoms with Crippen LogP contribution in [0.2, 0.25) is 0 Å². The van der Waals surface area contributed by atoms with Crippen LogP contribution in [0.15, 0.2) is 30.5 Å². The van der Waals surface area contributed by atoms with E-state index in [1.807, 2.05) is 6.92 Å². The van der Waals surface area contributed by atoms with Crippen LogP contribution < -0.4 is 10.5 Å². The van der Waals surface area contributed by atoms with Crippen LogP contribution in [0.5, 0.6) is 5.75 Å². The highest BCUT2D eigenvalue weighted by Crippen LogP contribution is 2.24. The van der Waals surface area contributed by atoms with Gasteiger partial charge in [-0.05, 0) is 56.0 Å². The number of benzene rings is 1. The quantitative estimate of drug-likeness (QED) is 0.740. The van der Waals surface area contributed by atoms with Crippen LogP contribution in [0.3, 0.4) is 0 Å². The van der Waals surface area contributed by atoms with E-state index in [2.05, 4.69) is 48.9 Å². The van der Waals surface area contributed by atoms with Crippen molar-refractivity contribution in [2.75, 3.05) is 13.2 Å². The van der Waals surface area contributed by atoms with Crippen molar-refractivity contribution in [3.05, 3.63) is 30.5 Å². The Balaban J connectivity index is 1.94. The number of hydrogen-bond acceptors (Lipinski definition) is 2. The van der Waals surface area contributed by atoms with E-state index >= 15 is 0 Å². The van der Waals surface area contributed by atoms with Crippen LogP contribution >= 0.6 is 0 Å². The molecule has 2 N–H and O–H groups in total. The third-order valence-electron chi connectivity index (χ3n) is 4.11. The second-order valence-corrected chi connectivity index (χ2v) is 6.49. The molecule has 0 spiro atoms. The smallest absolute Gasteiger partial charge is 0.120 e. The number of rotatable bonds is 8. The SMILES string of the molecule is CCOc1ccc2c(ccn2CCCCC(C)(C)CN)c1. The lowest BCUT2D eigenvalue weighted by Gasteiger charge is -2.21. The molecule has 1 aromatic heterocycles. The topological polar surface area (TPSA) is 40.2 Å². The summed E-state index contributed by atoms with van der Waals surface area (Å²) in [5.74, 6) is 0.951. The molecule has 0 aliphatic heterocycles. The Morgan fingerprint density at radius 3 is 2.71 bits per heavy atom. The predicted molar refractivity (Wildman–Crippen MR) is 89.8 cm³/mol. The lowest BCUT2D eigenvalue weighted by molar-refractivity contribution is 0.329. The van der Waals surface area contributed by atoms with Crippen LogP contribution in [0.4, 0.5) is 0 Å². The summed E-state index contributed by atoms with van der Waals surface area (Å²) < 4.78 is 7.88. The number of fused-ring (bicyclic) bond motifs is 1. The second-order valence-electron chi connectivity index (χ2n) is 6.49. The lowest BCUT2D eigenvalue weighted by atomic mass is 9.87. The molecule has 1 heterocycles. The van der Waals surface area contributed by atoms with E-state index in [4.69, 9.17) is 10.5 Å². The van der Waals surface area contributed by atoms with Gasteiger partial charge in [-0.3, -0.25) is 0 Å². The second kappa shape index (κ2) is 6.99. The largest absolute Gasteiger partial charge is 0.494 e. The van der Waals surface area contributed by atoms with Crippen molar-refractivity contribution in [2.24, 2.45) is 11.1 Å². The van der Waals surface area contributed by atoms with Gasteiger partial charge in [-0.25, -0.2) is 0 Å². The minimum Gasteiger partial charge on any atom is -0.494 e. The van der Waals surface area contributed by atoms with Crippen LogP contribution in [-0.4, -0.2) is 17.7 Å². The van der Waals surface area contributed by atoms with Gasteiger partial charge in [0.2, 0.25) is 0 Å². The number of ether oxygens (including phenoxy) is 1. The molecular formula is C18H28N2O. The van der Waals surface area contributed by atoms with E-state index in [1.54, 1.807) is 0 Å². The average molecular weight is 288 g/mol. The molecule has 3 heteroatoms. The molecule has 21 heavy (non-hydrogen) atoms. The molecule has 0 saturated carbocycles. The molecule has 3 nitrogen and oxygen atoms in total. The molecule has 2 rings (SSSR count). The average Bonchev–Trinajstić information content (AvgIpc) is 2.86. The fourth-order valence-corrected chi connectivity index (χ4v) is 2.62. The van der Waals surface area contributed by atoms with Crippen molar-refractivity contribution in [2.45, 2.75) is 46.6 Å². The molecule has 0 unspecified atom stereocenters. The van der Waals surface area contributed by atoms with Gasteiger partial charge in [0.25, 0.3) is 0 Å². The maximum Gasteiger partial charge on any atom is 0.120 e. The first-order chi connectivity index (χ1) is 10.1. The van der Waals surface area contributed by atoms with E-state index in [1.165, 1.54) is 30.2 Å². The van der Waals surface area contributed by atoms with Gasteiger partial charge >= 0.3 is 0 Å². The van der Waals surface area contributed by atoms with Gasteiger partial charge in [0.15, 0.2) is 0 Å². The summed E-state index contributed by atoms with van der Waals surface area (Å²) >= 11 is 0. The fourth-order valence-electron chi connectivity index (χ4n) is 2.62. The van der Waals surface area contributed by atoms with E-state index in [9.17, 15) is 0 Å². The van der Waals surface area contributed by atoms with Crippen molar-refractivity contribution in [1.29, 1.82) is 0 Å². The molecule has 0 atom stereocenters. The number of aromatic nitrogens is 1. The molecule has 0 bridgehead atoms. The molecular weight excluding hydrogens is 260 g/mol. The number of hydrogen-bond donors (Lipinski definition) is 1. The summed E-state index contributed by atoms with van der Waals surface area (Å²) in [6, 6.07) is 8.50. The van der Waals surface area contributed by atoms with Gasteiger partial charge in [-0.15, -0.1) is 0 Å². The first-order valence-electron chi connectivity index (χ1n) is 7.97. The third kappa shape index (κ3) is 4.24. The number of unbranched alkanes of at least 4 members (excludes halogenated alkanes) is 1. The van der Waals surface area contributed by atoms with Crippen LogP contribution in [0, 0.1) is 5.41 Å². The fraction of sp³-hybridized carbons (Fsp3) is 0.556. The van der Waals surface area contributed by atoms with Crippen molar-refractivity contribution >= 4 is 10.9 Å². The highest BCUT2D eigenvalue weighted by atomic mass is 16.5. The Morgan fingerprint density at radius 2 is 2.00 bits per heavy atom. The first-order valence-corrected chi connectivity index (χ1v) is 7.97. The molecule has 0 aliphatic rings. The first kappa shape index (κ1) is 15.9. The van der Waals surface area contributed by atoms with Gasteiger partial charge in [0, 0.05) is 23.6 Å². The summed E-state index contributed by atoms with van der Waals surface area (Å²) in [7, 11) is 0. The Bertz CT molecular complexity index is 572. The van der Waals surface area contributed by atoms with Crippen LogP contribution in [-0.2, 0) is 6.54 Å². The van der Waals surface area contributed by atoms with Crippen molar-refractivity contribution in [3.63, 3.8) is 0 Å². The van der Waals surface area contributed by atoms with Gasteiger partial charge in [-0.2, -0.15) is 0 Å². The minimum absolute atomic E-state index is 0.269. The summed E-state index contributed by atoms with van der Waals surface area (Å²) in [5.41, 5.74) is 7.34. The van der Waals surface area contributed by atoms with E-state index in [0.29, 0.717) is 6.61 Å². The van der Waals surface area contributed by atoms with Crippen molar-refractivity contribution in [1.82, 2.24) is 4.57 Å². The van der Waals surface area contributed by atoms with Crippen molar-refractivity contribution < 1.29 is 4.74 Å². The van der Waals surface area contributed by atoms with E-state index < -0.39 is 0 Å². The molecule has 0 aliphatic carbocycles. The molecule has 1 aromatic carbocycles. The zero-order valence-electron chi connectivity index (χ0n) is 13.6. The highest BCUT2D eigenvalue weighted by molar-refractivity contribution is 5.81. The molecule has 0 amide bonds. The maximum absolute atomic E-state index is 5.78. The number of nitrogens with two attached hydrogens (primary N) is 1. The van der Waals surface area contributed by atoms with Gasteiger partial charge in [0.1, 0.15) is 5.75 Å². The maximum atomic E-state index is 5.78. The van der Waals surface area contributed by atoms with E-state index in [-0.39, 0.29) is 5.41 Å². The van der Waals surface area contributed by atoms with Gasteiger partial charge in [0.05, 0.1) is 6.61 Å². The monoisotopic (exact) mass is 288 g/mol. The molecule has 0 fully saturated rings. The molecule has 116 valence electrons. The molecule has 0 saturated heterocycles. The Morgan fingerprint density at radius 1 is 1.19 bits per heavy atom. The standard InChI is InChI=1S/C18H28N2O/c1-4-21-16-7-8-17-15(13-16)9-12-20(17)11-6-5-10-18(2,3)14-19/h7-9,12-13H,4-6,10-11,14,19H2,1-3H3. The summed E-state index contributed by atoms with van der Waals surface area (Å²) in [5, 5.41) is 1.25. The minimum atomic E-state index is 0.269. The normalized spacial score (nSPS) is 12.0. The Labute approximate surface area is 128 Å². The summed E-state index contributed by atoms with van der Waals surface area (Å²) in [6.07, 6.45) is 5.78. The van der Waals surface area contributed by atoms with Crippen molar-refractivity contribution in [3.8, 4) is 5.75 Å². The van der Waals surface area contributed by atoms with Gasteiger partial charge in [-0.1, -0.05) is 20.3 Å². The summed E-state index contributed by atoms with van der Waals surface area (Å²) in [4.78, 5) is 0. The Kier molecular flexibility index (Phi) is 5.29. The van der Waals surface area contributed by atoms with E-state index in [0.717, 1.165) is 18.8 Å². The highest BCUT2D eigenvalue weighted by Gasteiger charge is 2.14. The van der Waals surface area contributed by atoms with Gasteiger partial charge < -0.3 is 15.0 Å². The van der Waals surface area contributed by atoms with Crippen LogP contribution in [0.25, 0.3) is 10.9 Å². The zero-order valence-corrected chi connectivity index (χ0v) is 13.6. The summed E-state index contributed by atoms with van der Waals surface area (Å²) in [6.45, 7) is 9.04. The number of aryl methyl sites for hydroxylation is 1. The third-order valence-corrected chi connectivity index (χ3v) is 4.11. The zero-order chi connectivity index (χ0) is 15.3. The Hall–Kier alpha value is -1.48.